The molecule has 90 valence electrons. The fourth-order valence-electron chi connectivity index (χ4n) is 2.76. The van der Waals surface area contributed by atoms with Crippen molar-refractivity contribution in [2.75, 3.05) is 0 Å². The van der Waals surface area contributed by atoms with E-state index in [1.54, 1.807) is 0 Å². The summed E-state index contributed by atoms with van der Waals surface area (Å²) < 4.78 is 1.87. The average Bonchev–Trinajstić information content (AvgIpc) is 2.89. The van der Waals surface area contributed by atoms with E-state index < -0.39 is 0 Å². The Morgan fingerprint density at radius 1 is 1.50 bits per heavy atom. The molecular formula is C13H23N3. The predicted octanol–water partition coefficient (Wildman–Crippen LogP) is 2.26. The van der Waals surface area contributed by atoms with Crippen LogP contribution in [0.3, 0.4) is 0 Å². The van der Waals surface area contributed by atoms with Crippen LogP contribution in [0, 0.1) is 5.92 Å². The summed E-state index contributed by atoms with van der Waals surface area (Å²) in [5.41, 5.74) is 7.56. The van der Waals surface area contributed by atoms with Crippen molar-refractivity contribution in [1.82, 2.24) is 9.78 Å². The zero-order valence-corrected chi connectivity index (χ0v) is 10.2. The summed E-state index contributed by atoms with van der Waals surface area (Å²) in [6.07, 6.45) is 13.0. The number of rotatable bonds is 5. The third-order valence-corrected chi connectivity index (χ3v) is 3.77. The second-order valence-electron chi connectivity index (χ2n) is 5.12. The van der Waals surface area contributed by atoms with Gasteiger partial charge in [0.25, 0.3) is 0 Å². The number of nitrogens with zero attached hydrogens (tertiary/aromatic N) is 2. The molecule has 16 heavy (non-hydrogen) atoms. The van der Waals surface area contributed by atoms with E-state index >= 15 is 0 Å². The number of nitrogens with two attached hydrogens (primary N) is 1. The highest BCUT2D eigenvalue weighted by atomic mass is 15.2. The maximum Gasteiger partial charge on any atom is 0.0521 e. The van der Waals surface area contributed by atoms with Gasteiger partial charge < -0.3 is 5.73 Å². The molecule has 0 spiro atoms. The lowest BCUT2D eigenvalue weighted by Gasteiger charge is -2.18. The van der Waals surface area contributed by atoms with Crippen LogP contribution < -0.4 is 5.73 Å². The van der Waals surface area contributed by atoms with Crippen LogP contribution in [0.5, 0.6) is 0 Å². The first kappa shape index (κ1) is 11.6. The second-order valence-corrected chi connectivity index (χ2v) is 5.12. The van der Waals surface area contributed by atoms with Crippen LogP contribution in [0.4, 0.5) is 0 Å². The maximum absolute atomic E-state index is 6.23. The molecule has 1 atom stereocenters. The summed E-state index contributed by atoms with van der Waals surface area (Å²) in [4.78, 5) is 0. The van der Waals surface area contributed by atoms with Crippen LogP contribution in [-0.2, 0) is 13.5 Å². The smallest absolute Gasteiger partial charge is 0.0521 e. The van der Waals surface area contributed by atoms with Crippen LogP contribution in [0.2, 0.25) is 0 Å². The minimum absolute atomic E-state index is 0.430. The van der Waals surface area contributed by atoms with E-state index in [1.165, 1.54) is 44.1 Å². The van der Waals surface area contributed by atoms with Gasteiger partial charge in [0, 0.05) is 19.3 Å². The minimum Gasteiger partial charge on any atom is -0.327 e. The fourth-order valence-corrected chi connectivity index (χ4v) is 2.76. The molecule has 3 heteroatoms. The van der Waals surface area contributed by atoms with Crippen molar-refractivity contribution in [2.45, 2.75) is 51.0 Å². The van der Waals surface area contributed by atoms with Gasteiger partial charge in [0.1, 0.15) is 0 Å². The molecule has 1 fully saturated rings. The zero-order chi connectivity index (χ0) is 11.4. The topological polar surface area (TPSA) is 43.8 Å². The van der Waals surface area contributed by atoms with Gasteiger partial charge in [-0.1, -0.05) is 12.8 Å². The zero-order valence-electron chi connectivity index (χ0n) is 10.2. The molecule has 1 aromatic rings. The van der Waals surface area contributed by atoms with Crippen molar-refractivity contribution in [2.24, 2.45) is 18.7 Å². The van der Waals surface area contributed by atoms with E-state index in [0.717, 1.165) is 12.3 Å². The highest BCUT2D eigenvalue weighted by molar-refractivity contribution is 5.03. The molecule has 0 amide bonds. The molecule has 1 heterocycles. The Morgan fingerprint density at radius 2 is 2.25 bits per heavy atom. The Kier molecular flexibility index (Phi) is 3.99. The van der Waals surface area contributed by atoms with Crippen molar-refractivity contribution < 1.29 is 0 Å². The van der Waals surface area contributed by atoms with Crippen molar-refractivity contribution in [3.8, 4) is 0 Å². The SMILES string of the molecule is Cn1cc(CCCC(N)C2CCCC2)cn1. The molecule has 2 N–H and O–H groups in total. The van der Waals surface area contributed by atoms with Crippen LogP contribution in [0.15, 0.2) is 12.4 Å². The molecule has 3 nitrogen and oxygen atoms in total. The molecule has 1 aliphatic rings. The third-order valence-electron chi connectivity index (χ3n) is 3.77. The lowest BCUT2D eigenvalue weighted by atomic mass is 9.94. The summed E-state index contributed by atoms with van der Waals surface area (Å²) in [5.74, 6) is 0.800. The predicted molar refractivity (Wildman–Crippen MR) is 66.1 cm³/mol. The van der Waals surface area contributed by atoms with E-state index in [9.17, 15) is 0 Å². The second kappa shape index (κ2) is 5.48. The minimum atomic E-state index is 0.430. The highest BCUT2D eigenvalue weighted by Gasteiger charge is 2.21. The van der Waals surface area contributed by atoms with E-state index in [0.29, 0.717) is 6.04 Å². The van der Waals surface area contributed by atoms with Gasteiger partial charge in [-0.3, -0.25) is 4.68 Å². The van der Waals surface area contributed by atoms with Crippen LogP contribution in [0.25, 0.3) is 0 Å². The quantitative estimate of drug-likeness (QED) is 0.829. The molecule has 1 saturated carbocycles. The van der Waals surface area contributed by atoms with Gasteiger partial charge >= 0.3 is 0 Å². The Bertz CT molecular complexity index is 313. The van der Waals surface area contributed by atoms with Gasteiger partial charge in [-0.05, 0) is 43.6 Å². The van der Waals surface area contributed by atoms with Gasteiger partial charge in [0.15, 0.2) is 0 Å². The lowest BCUT2D eigenvalue weighted by molar-refractivity contribution is 0.402. The number of hydrogen-bond acceptors (Lipinski definition) is 2. The van der Waals surface area contributed by atoms with Crippen molar-refractivity contribution in [3.63, 3.8) is 0 Å². The molecular weight excluding hydrogens is 198 g/mol. The molecule has 1 unspecified atom stereocenters. The van der Waals surface area contributed by atoms with Crippen LogP contribution in [-0.4, -0.2) is 15.8 Å². The molecule has 1 aromatic heterocycles. The van der Waals surface area contributed by atoms with Gasteiger partial charge in [-0.15, -0.1) is 0 Å². The summed E-state index contributed by atoms with van der Waals surface area (Å²) in [7, 11) is 1.97. The standard InChI is InChI=1S/C13H23N3/c1-16-10-11(9-15-16)5-4-8-13(14)12-6-2-3-7-12/h9-10,12-13H,2-8,14H2,1H3. The first-order valence-corrected chi connectivity index (χ1v) is 6.49. The first-order chi connectivity index (χ1) is 7.75. The summed E-state index contributed by atoms with van der Waals surface area (Å²) in [5, 5.41) is 4.18. The molecule has 0 radical (unpaired) electrons. The maximum atomic E-state index is 6.23. The molecule has 0 aliphatic heterocycles. The Morgan fingerprint density at radius 3 is 2.88 bits per heavy atom. The molecule has 0 saturated heterocycles. The largest absolute Gasteiger partial charge is 0.327 e. The van der Waals surface area contributed by atoms with E-state index in [-0.39, 0.29) is 0 Å². The van der Waals surface area contributed by atoms with E-state index in [1.807, 2.05) is 17.9 Å². The summed E-state index contributed by atoms with van der Waals surface area (Å²) in [6, 6.07) is 0.430. The normalized spacial score (nSPS) is 19.1. The average molecular weight is 221 g/mol. The van der Waals surface area contributed by atoms with Crippen LogP contribution in [0.1, 0.15) is 44.1 Å². The number of aryl methyl sites for hydroxylation is 2. The van der Waals surface area contributed by atoms with E-state index in [2.05, 4.69) is 11.3 Å². The molecule has 0 bridgehead atoms. The van der Waals surface area contributed by atoms with Gasteiger partial charge in [-0.25, -0.2) is 0 Å². The fraction of sp³-hybridized carbons (Fsp3) is 0.769. The van der Waals surface area contributed by atoms with Gasteiger partial charge in [0.2, 0.25) is 0 Å². The highest BCUT2D eigenvalue weighted by Crippen LogP contribution is 2.28. The number of hydrogen-bond donors (Lipinski definition) is 1. The number of aromatic nitrogens is 2. The summed E-state index contributed by atoms with van der Waals surface area (Å²) in [6.45, 7) is 0. The molecule has 0 aromatic carbocycles. The van der Waals surface area contributed by atoms with E-state index in [4.69, 9.17) is 5.73 Å². The van der Waals surface area contributed by atoms with Crippen molar-refractivity contribution in [3.05, 3.63) is 18.0 Å². The third kappa shape index (κ3) is 3.08. The van der Waals surface area contributed by atoms with Gasteiger partial charge in [0.05, 0.1) is 6.20 Å². The molecule has 2 rings (SSSR count). The van der Waals surface area contributed by atoms with Gasteiger partial charge in [-0.2, -0.15) is 5.10 Å². The van der Waals surface area contributed by atoms with Crippen molar-refractivity contribution >= 4 is 0 Å². The Labute approximate surface area is 98.0 Å². The monoisotopic (exact) mass is 221 g/mol. The first-order valence-electron chi connectivity index (χ1n) is 6.49. The lowest BCUT2D eigenvalue weighted by Crippen LogP contribution is -2.28. The Balaban J connectivity index is 1.67. The molecule has 1 aliphatic carbocycles. The van der Waals surface area contributed by atoms with Crippen molar-refractivity contribution in [1.29, 1.82) is 0 Å². The Hall–Kier alpha value is -0.830. The van der Waals surface area contributed by atoms with Crippen LogP contribution >= 0.6 is 0 Å². The summed E-state index contributed by atoms with van der Waals surface area (Å²) >= 11 is 0.